The SMILES string of the molecule is CCNC(=O)Nc1ccc(C(C(=O)O)N2CCSCC2)cc1OC. The van der Waals surface area contributed by atoms with Crippen molar-refractivity contribution in [2.75, 3.05) is 43.6 Å². The number of carboxylic acid groups (broad SMARTS) is 1. The van der Waals surface area contributed by atoms with Crippen LogP contribution in [0.1, 0.15) is 18.5 Å². The van der Waals surface area contributed by atoms with Gasteiger partial charge in [-0.1, -0.05) is 6.07 Å². The summed E-state index contributed by atoms with van der Waals surface area (Å²) in [4.78, 5) is 25.4. The summed E-state index contributed by atoms with van der Waals surface area (Å²) in [6, 6.07) is 4.05. The van der Waals surface area contributed by atoms with E-state index in [1.807, 2.05) is 23.6 Å². The third-order valence-corrected chi connectivity index (χ3v) is 4.71. The Hall–Kier alpha value is -1.93. The molecule has 1 aromatic rings. The van der Waals surface area contributed by atoms with Gasteiger partial charge in [-0.15, -0.1) is 0 Å². The number of amides is 2. The van der Waals surface area contributed by atoms with E-state index in [0.29, 0.717) is 23.5 Å². The standard InChI is InChI=1S/C16H23N3O4S/c1-3-17-16(22)18-12-5-4-11(10-13(12)23-2)14(15(20)21)19-6-8-24-9-7-19/h4-5,10,14H,3,6-9H2,1-2H3,(H,20,21)(H2,17,18,22). The predicted molar refractivity (Wildman–Crippen MR) is 95.0 cm³/mol. The second-order valence-corrected chi connectivity index (χ2v) is 6.56. The molecular weight excluding hydrogens is 330 g/mol. The van der Waals surface area contributed by atoms with Crippen LogP contribution in [-0.2, 0) is 4.79 Å². The van der Waals surface area contributed by atoms with E-state index in [9.17, 15) is 14.7 Å². The molecule has 0 radical (unpaired) electrons. The number of benzene rings is 1. The van der Waals surface area contributed by atoms with Crippen molar-refractivity contribution in [2.24, 2.45) is 0 Å². The molecule has 8 heteroatoms. The molecule has 3 N–H and O–H groups in total. The molecule has 1 saturated heterocycles. The second kappa shape index (κ2) is 8.79. The van der Waals surface area contributed by atoms with E-state index >= 15 is 0 Å². The van der Waals surface area contributed by atoms with Gasteiger partial charge in [-0.05, 0) is 24.6 Å². The van der Waals surface area contributed by atoms with Gasteiger partial charge in [0.2, 0.25) is 0 Å². The molecule has 0 saturated carbocycles. The average Bonchev–Trinajstić information content (AvgIpc) is 2.57. The Morgan fingerprint density at radius 3 is 2.67 bits per heavy atom. The summed E-state index contributed by atoms with van der Waals surface area (Å²) in [6.07, 6.45) is 0. The zero-order chi connectivity index (χ0) is 17.5. The quantitative estimate of drug-likeness (QED) is 0.725. The third-order valence-electron chi connectivity index (χ3n) is 3.77. The zero-order valence-corrected chi connectivity index (χ0v) is 14.7. The van der Waals surface area contributed by atoms with Gasteiger partial charge in [0.1, 0.15) is 11.8 Å². The van der Waals surface area contributed by atoms with Crippen LogP contribution in [0, 0.1) is 0 Å². The maximum absolute atomic E-state index is 11.8. The number of aliphatic carboxylic acids is 1. The summed E-state index contributed by atoms with van der Waals surface area (Å²) in [6.45, 7) is 3.82. The number of ether oxygens (including phenoxy) is 1. The molecule has 1 aliphatic rings. The molecule has 0 bridgehead atoms. The first-order chi connectivity index (χ1) is 11.6. The number of hydrogen-bond donors (Lipinski definition) is 3. The Morgan fingerprint density at radius 2 is 2.08 bits per heavy atom. The molecule has 132 valence electrons. The van der Waals surface area contributed by atoms with E-state index in [-0.39, 0.29) is 6.03 Å². The Kier molecular flexibility index (Phi) is 6.74. The van der Waals surface area contributed by atoms with Crippen molar-refractivity contribution >= 4 is 29.4 Å². The number of urea groups is 1. The molecule has 0 spiro atoms. The van der Waals surface area contributed by atoms with Gasteiger partial charge in [0.05, 0.1) is 12.8 Å². The van der Waals surface area contributed by atoms with Crippen molar-refractivity contribution < 1.29 is 19.4 Å². The number of carbonyl (C=O) groups excluding carboxylic acids is 1. The topological polar surface area (TPSA) is 90.9 Å². The van der Waals surface area contributed by atoms with Crippen molar-refractivity contribution in [1.82, 2.24) is 10.2 Å². The first-order valence-corrected chi connectivity index (χ1v) is 8.99. The van der Waals surface area contributed by atoms with Gasteiger partial charge in [-0.25, -0.2) is 4.79 Å². The molecule has 1 unspecified atom stereocenters. The highest BCUT2D eigenvalue weighted by Crippen LogP contribution is 2.31. The summed E-state index contributed by atoms with van der Waals surface area (Å²) in [7, 11) is 1.50. The number of nitrogens with zero attached hydrogens (tertiary/aromatic N) is 1. The normalized spacial score (nSPS) is 16.2. The fourth-order valence-electron chi connectivity index (χ4n) is 2.65. The number of hydrogen-bond acceptors (Lipinski definition) is 5. The van der Waals surface area contributed by atoms with Crippen LogP contribution in [-0.4, -0.2) is 60.3 Å². The van der Waals surface area contributed by atoms with E-state index in [4.69, 9.17) is 4.74 Å². The van der Waals surface area contributed by atoms with Crippen molar-refractivity contribution in [3.05, 3.63) is 23.8 Å². The maximum Gasteiger partial charge on any atom is 0.325 e. The maximum atomic E-state index is 11.8. The van der Waals surface area contributed by atoms with Gasteiger partial charge in [-0.3, -0.25) is 9.69 Å². The smallest absolute Gasteiger partial charge is 0.325 e. The van der Waals surface area contributed by atoms with E-state index < -0.39 is 12.0 Å². The van der Waals surface area contributed by atoms with Gasteiger partial charge in [0.25, 0.3) is 0 Å². The average molecular weight is 353 g/mol. The number of nitrogens with one attached hydrogen (secondary N) is 2. The summed E-state index contributed by atoms with van der Waals surface area (Å²) in [5.74, 6) is 1.42. The molecule has 2 amide bonds. The Balaban J connectivity index is 2.25. The van der Waals surface area contributed by atoms with Crippen LogP contribution in [0.2, 0.25) is 0 Å². The molecule has 1 atom stereocenters. The van der Waals surface area contributed by atoms with Gasteiger partial charge in [0, 0.05) is 31.1 Å². The van der Waals surface area contributed by atoms with Gasteiger partial charge >= 0.3 is 12.0 Å². The van der Waals surface area contributed by atoms with Gasteiger partial charge < -0.3 is 20.5 Å². The van der Waals surface area contributed by atoms with Crippen LogP contribution >= 0.6 is 11.8 Å². The molecule has 1 heterocycles. The van der Waals surface area contributed by atoms with Crippen LogP contribution in [0.25, 0.3) is 0 Å². The first kappa shape index (κ1) is 18.4. The highest BCUT2D eigenvalue weighted by molar-refractivity contribution is 7.99. The summed E-state index contributed by atoms with van der Waals surface area (Å²) in [5, 5.41) is 15.0. The minimum atomic E-state index is -0.881. The zero-order valence-electron chi connectivity index (χ0n) is 13.9. The molecule has 1 aliphatic heterocycles. The molecule has 7 nitrogen and oxygen atoms in total. The molecule has 1 fully saturated rings. The van der Waals surface area contributed by atoms with E-state index in [2.05, 4.69) is 10.6 Å². The van der Waals surface area contributed by atoms with Gasteiger partial charge in [-0.2, -0.15) is 11.8 Å². The van der Waals surface area contributed by atoms with Crippen LogP contribution in [0.15, 0.2) is 18.2 Å². The Labute approximate surface area is 145 Å². The molecule has 0 aliphatic carbocycles. The van der Waals surface area contributed by atoms with Crippen LogP contribution in [0.5, 0.6) is 5.75 Å². The largest absolute Gasteiger partial charge is 0.495 e. The number of rotatable bonds is 6. The predicted octanol–water partition coefficient (Wildman–Crippen LogP) is 2.01. The van der Waals surface area contributed by atoms with Crippen LogP contribution in [0.4, 0.5) is 10.5 Å². The lowest BCUT2D eigenvalue weighted by atomic mass is 10.0. The lowest BCUT2D eigenvalue weighted by molar-refractivity contribution is -0.143. The molecular formula is C16H23N3O4S. The number of carboxylic acids is 1. The van der Waals surface area contributed by atoms with Crippen LogP contribution < -0.4 is 15.4 Å². The summed E-state index contributed by atoms with van der Waals surface area (Å²) >= 11 is 1.83. The van der Waals surface area contributed by atoms with E-state index in [0.717, 1.165) is 24.6 Å². The first-order valence-electron chi connectivity index (χ1n) is 7.84. The lowest BCUT2D eigenvalue weighted by Gasteiger charge is -2.32. The van der Waals surface area contributed by atoms with Gasteiger partial charge in [0.15, 0.2) is 0 Å². The van der Waals surface area contributed by atoms with E-state index in [1.165, 1.54) is 7.11 Å². The number of thioether (sulfide) groups is 1. The molecule has 24 heavy (non-hydrogen) atoms. The molecule has 2 rings (SSSR count). The Morgan fingerprint density at radius 1 is 1.38 bits per heavy atom. The third kappa shape index (κ3) is 4.55. The fraction of sp³-hybridized carbons (Fsp3) is 0.500. The molecule has 1 aromatic carbocycles. The number of carbonyl (C=O) groups is 2. The molecule has 0 aromatic heterocycles. The van der Waals surface area contributed by atoms with Crippen LogP contribution in [0.3, 0.4) is 0 Å². The monoisotopic (exact) mass is 353 g/mol. The van der Waals surface area contributed by atoms with Crippen molar-refractivity contribution in [1.29, 1.82) is 0 Å². The van der Waals surface area contributed by atoms with Crippen molar-refractivity contribution in [3.8, 4) is 5.75 Å². The highest BCUT2D eigenvalue weighted by atomic mass is 32.2. The Bertz CT molecular complexity index is 591. The van der Waals surface area contributed by atoms with Crippen molar-refractivity contribution in [2.45, 2.75) is 13.0 Å². The minimum Gasteiger partial charge on any atom is -0.495 e. The minimum absolute atomic E-state index is 0.327. The number of methoxy groups -OCH3 is 1. The fourth-order valence-corrected chi connectivity index (χ4v) is 3.58. The highest BCUT2D eigenvalue weighted by Gasteiger charge is 2.29. The summed E-state index contributed by atoms with van der Waals surface area (Å²) in [5.41, 5.74) is 1.15. The van der Waals surface area contributed by atoms with Crippen molar-refractivity contribution in [3.63, 3.8) is 0 Å². The van der Waals surface area contributed by atoms with E-state index in [1.54, 1.807) is 18.2 Å². The number of anilines is 1. The summed E-state index contributed by atoms with van der Waals surface area (Å²) < 4.78 is 5.32. The lowest BCUT2D eigenvalue weighted by Crippen LogP contribution is -2.39. The second-order valence-electron chi connectivity index (χ2n) is 5.33.